The molecule has 0 spiro atoms. The number of carbonyl (C=O) groups excluding carboxylic acids is 2. The molecular formula is C30H30F2N2O2. The average Bonchev–Trinajstić information content (AvgIpc) is 3.02. The van der Waals surface area contributed by atoms with Gasteiger partial charge < -0.3 is 10.6 Å². The van der Waals surface area contributed by atoms with Gasteiger partial charge in [0.1, 0.15) is 11.6 Å². The molecule has 3 aromatic rings. The van der Waals surface area contributed by atoms with Gasteiger partial charge in [-0.1, -0.05) is 25.3 Å². The smallest absolute Gasteiger partial charge is 0.251 e. The van der Waals surface area contributed by atoms with Crippen LogP contribution in [0, 0.1) is 17.6 Å². The maximum atomic E-state index is 14.1. The fourth-order valence-electron chi connectivity index (χ4n) is 5.45. The Bertz CT molecular complexity index is 1310. The Morgan fingerprint density at radius 3 is 2.44 bits per heavy atom. The Balaban J connectivity index is 1.35. The highest BCUT2D eigenvalue weighted by Crippen LogP contribution is 2.30. The van der Waals surface area contributed by atoms with Crippen molar-refractivity contribution in [2.24, 2.45) is 5.92 Å². The number of ketones is 1. The number of carbonyl (C=O) groups is 2. The number of hydrogen-bond donors (Lipinski definition) is 2. The molecule has 186 valence electrons. The van der Waals surface area contributed by atoms with Crippen molar-refractivity contribution in [3.8, 4) is 0 Å². The molecule has 0 unspecified atom stereocenters. The fourth-order valence-corrected chi connectivity index (χ4v) is 5.45. The van der Waals surface area contributed by atoms with Gasteiger partial charge in [0.05, 0.1) is 5.69 Å². The summed E-state index contributed by atoms with van der Waals surface area (Å²) in [5.74, 6) is -1.08. The van der Waals surface area contributed by atoms with Crippen molar-refractivity contribution in [2.45, 2.75) is 57.9 Å². The molecule has 0 heterocycles. The highest BCUT2D eigenvalue weighted by atomic mass is 19.1. The average molecular weight is 489 g/mol. The second-order valence-corrected chi connectivity index (χ2v) is 9.98. The first kappa shape index (κ1) is 24.2. The molecule has 0 aliphatic heterocycles. The van der Waals surface area contributed by atoms with Crippen LogP contribution in [-0.2, 0) is 12.8 Å². The lowest BCUT2D eigenvalue weighted by atomic mass is 9.84. The summed E-state index contributed by atoms with van der Waals surface area (Å²) in [4.78, 5) is 26.5. The first-order valence-electron chi connectivity index (χ1n) is 12.7. The third-order valence-corrected chi connectivity index (χ3v) is 7.56. The lowest BCUT2D eigenvalue weighted by Crippen LogP contribution is -2.38. The third-order valence-electron chi connectivity index (χ3n) is 7.56. The second-order valence-electron chi connectivity index (χ2n) is 9.98. The first-order chi connectivity index (χ1) is 17.4. The molecule has 1 fully saturated rings. The van der Waals surface area contributed by atoms with Crippen LogP contribution >= 0.6 is 0 Å². The Morgan fingerprint density at radius 1 is 0.889 bits per heavy atom. The standard InChI is InChI=1S/C30H30F2N2O2/c1-18(19-5-3-2-4-6-19)33-30(36)22-10-8-20-7-9-21-15-24(12-13-25(21)29(35)26(20)16-22)34-28-14-11-23(31)17-27(28)32/h8,10-19,34H,2-7,9H2,1H3,(H,33,36)/t18-/m1/s1. The summed E-state index contributed by atoms with van der Waals surface area (Å²) in [6.45, 7) is 2.07. The molecule has 0 saturated heterocycles. The monoisotopic (exact) mass is 488 g/mol. The molecule has 2 N–H and O–H groups in total. The van der Waals surface area contributed by atoms with Crippen molar-refractivity contribution in [3.63, 3.8) is 0 Å². The van der Waals surface area contributed by atoms with Crippen molar-refractivity contribution in [2.75, 3.05) is 5.32 Å². The predicted molar refractivity (Wildman–Crippen MR) is 137 cm³/mol. The lowest BCUT2D eigenvalue weighted by Gasteiger charge is -2.28. The van der Waals surface area contributed by atoms with E-state index in [1.807, 2.05) is 12.1 Å². The largest absolute Gasteiger partial charge is 0.353 e. The van der Waals surface area contributed by atoms with Crippen LogP contribution in [0.3, 0.4) is 0 Å². The van der Waals surface area contributed by atoms with Gasteiger partial charge in [-0.2, -0.15) is 0 Å². The van der Waals surface area contributed by atoms with Gasteiger partial charge in [-0.15, -0.1) is 0 Å². The molecule has 36 heavy (non-hydrogen) atoms. The quantitative estimate of drug-likeness (QED) is 0.418. The van der Waals surface area contributed by atoms with Crippen molar-refractivity contribution < 1.29 is 18.4 Å². The van der Waals surface area contributed by atoms with E-state index < -0.39 is 11.6 Å². The SMILES string of the molecule is C[C@@H](NC(=O)c1ccc2c(c1)C(=O)c1ccc(Nc3ccc(F)cc3F)cc1CC2)C1CCCCC1. The molecule has 4 nitrogen and oxygen atoms in total. The molecule has 1 saturated carbocycles. The molecule has 1 amide bonds. The zero-order chi connectivity index (χ0) is 25.2. The predicted octanol–water partition coefficient (Wildman–Crippen LogP) is 6.74. The summed E-state index contributed by atoms with van der Waals surface area (Å²) in [6, 6.07) is 14.2. The van der Waals surface area contributed by atoms with Gasteiger partial charge >= 0.3 is 0 Å². The zero-order valence-corrected chi connectivity index (χ0v) is 20.4. The van der Waals surface area contributed by atoms with E-state index in [4.69, 9.17) is 0 Å². The number of anilines is 2. The van der Waals surface area contributed by atoms with Gasteiger partial charge in [-0.25, -0.2) is 8.78 Å². The Hall–Kier alpha value is -3.54. The van der Waals surface area contributed by atoms with Crippen LogP contribution in [-0.4, -0.2) is 17.7 Å². The van der Waals surface area contributed by atoms with E-state index in [-0.39, 0.29) is 23.4 Å². The maximum absolute atomic E-state index is 14.1. The molecule has 6 heteroatoms. The van der Waals surface area contributed by atoms with Gasteiger partial charge in [0, 0.05) is 34.5 Å². The van der Waals surface area contributed by atoms with Crippen molar-refractivity contribution in [3.05, 3.63) is 94.0 Å². The topological polar surface area (TPSA) is 58.2 Å². The Labute approximate surface area is 210 Å². The van der Waals surface area contributed by atoms with E-state index in [2.05, 4.69) is 17.6 Å². The van der Waals surface area contributed by atoms with Gasteiger partial charge in [0.25, 0.3) is 5.91 Å². The van der Waals surface area contributed by atoms with Crippen LogP contribution in [0.1, 0.15) is 76.4 Å². The Morgan fingerprint density at radius 2 is 1.67 bits per heavy atom. The van der Waals surface area contributed by atoms with Gasteiger partial charge in [0.15, 0.2) is 5.78 Å². The third kappa shape index (κ3) is 5.03. The molecule has 2 aliphatic carbocycles. The molecule has 2 aliphatic rings. The van der Waals surface area contributed by atoms with Crippen LogP contribution < -0.4 is 10.6 Å². The fraction of sp³-hybridized carbons (Fsp3) is 0.333. The molecule has 1 atom stereocenters. The molecule has 0 aromatic heterocycles. The minimum absolute atomic E-state index is 0.102. The zero-order valence-electron chi connectivity index (χ0n) is 20.4. The number of benzene rings is 3. The number of aryl methyl sites for hydroxylation is 2. The number of amides is 1. The summed E-state index contributed by atoms with van der Waals surface area (Å²) in [5, 5.41) is 6.12. The van der Waals surface area contributed by atoms with Crippen LogP contribution in [0.2, 0.25) is 0 Å². The van der Waals surface area contributed by atoms with Crippen LogP contribution in [0.25, 0.3) is 0 Å². The number of nitrogens with one attached hydrogen (secondary N) is 2. The number of halogens is 2. The lowest BCUT2D eigenvalue weighted by molar-refractivity contribution is 0.0919. The van der Waals surface area contributed by atoms with Crippen molar-refractivity contribution >= 4 is 23.1 Å². The van der Waals surface area contributed by atoms with Crippen LogP contribution in [0.4, 0.5) is 20.2 Å². The van der Waals surface area contributed by atoms with E-state index >= 15 is 0 Å². The molecule has 5 rings (SSSR count). The van der Waals surface area contributed by atoms with E-state index in [1.165, 1.54) is 31.4 Å². The van der Waals surface area contributed by atoms with E-state index in [1.54, 1.807) is 24.3 Å². The maximum Gasteiger partial charge on any atom is 0.251 e. The first-order valence-corrected chi connectivity index (χ1v) is 12.7. The summed E-state index contributed by atoms with van der Waals surface area (Å²) >= 11 is 0. The number of rotatable bonds is 5. The second kappa shape index (κ2) is 10.2. The summed E-state index contributed by atoms with van der Waals surface area (Å²) in [7, 11) is 0. The molecular weight excluding hydrogens is 458 g/mol. The van der Waals surface area contributed by atoms with Crippen molar-refractivity contribution in [1.82, 2.24) is 5.32 Å². The highest BCUT2D eigenvalue weighted by molar-refractivity contribution is 6.12. The van der Waals surface area contributed by atoms with Gasteiger partial charge in [0.2, 0.25) is 0 Å². The summed E-state index contributed by atoms with van der Waals surface area (Å²) in [5.41, 5.74) is 4.17. The molecule has 3 aromatic carbocycles. The van der Waals surface area contributed by atoms with E-state index in [9.17, 15) is 18.4 Å². The van der Waals surface area contributed by atoms with Crippen LogP contribution in [0.15, 0.2) is 54.6 Å². The number of hydrogen-bond acceptors (Lipinski definition) is 3. The number of fused-ring (bicyclic) bond motifs is 2. The highest BCUT2D eigenvalue weighted by Gasteiger charge is 2.25. The molecule has 0 bridgehead atoms. The van der Waals surface area contributed by atoms with Crippen LogP contribution in [0.5, 0.6) is 0 Å². The Kier molecular flexibility index (Phi) is 6.86. The van der Waals surface area contributed by atoms with Gasteiger partial charge in [-0.05, 0) is 92.1 Å². The van der Waals surface area contributed by atoms with E-state index in [0.29, 0.717) is 41.1 Å². The molecule has 0 radical (unpaired) electrons. The normalized spacial score (nSPS) is 16.5. The minimum Gasteiger partial charge on any atom is -0.353 e. The van der Waals surface area contributed by atoms with Gasteiger partial charge in [-0.3, -0.25) is 9.59 Å². The van der Waals surface area contributed by atoms with E-state index in [0.717, 1.165) is 30.0 Å². The minimum atomic E-state index is -0.683. The van der Waals surface area contributed by atoms with Crippen molar-refractivity contribution in [1.29, 1.82) is 0 Å². The summed E-state index contributed by atoms with van der Waals surface area (Å²) in [6.07, 6.45) is 7.29. The summed E-state index contributed by atoms with van der Waals surface area (Å²) < 4.78 is 27.3.